The quantitative estimate of drug-likeness (QED) is 0.908. The lowest BCUT2D eigenvalue weighted by molar-refractivity contribution is 0.0471. The normalized spacial score (nSPS) is 17.4. The first-order chi connectivity index (χ1) is 10.4. The largest absolute Gasteiger partial charge is 0.490 e. The Balaban J connectivity index is 1.66. The van der Waals surface area contributed by atoms with Gasteiger partial charge in [0.05, 0.1) is 12.3 Å². The summed E-state index contributed by atoms with van der Waals surface area (Å²) >= 11 is 0. The summed E-state index contributed by atoms with van der Waals surface area (Å²) in [6.45, 7) is 6.19. The SMILES string of the molecule is CC(C)(C)OC(=O)NCC1=NOC(COc2ccccc2)C1. The number of carbonyl (C=O) groups is 1. The van der Waals surface area contributed by atoms with Gasteiger partial charge in [0.1, 0.15) is 18.0 Å². The molecule has 0 fully saturated rings. The average Bonchev–Trinajstić information content (AvgIpc) is 2.90. The highest BCUT2D eigenvalue weighted by Crippen LogP contribution is 2.14. The molecule has 1 N–H and O–H groups in total. The molecular formula is C16H22N2O4. The minimum atomic E-state index is -0.510. The zero-order chi connectivity index (χ0) is 16.0. The van der Waals surface area contributed by atoms with Gasteiger partial charge in [-0.15, -0.1) is 0 Å². The van der Waals surface area contributed by atoms with Crippen LogP contribution in [-0.2, 0) is 9.57 Å². The van der Waals surface area contributed by atoms with E-state index in [0.29, 0.717) is 19.6 Å². The van der Waals surface area contributed by atoms with Gasteiger partial charge in [0, 0.05) is 6.42 Å². The fourth-order valence-electron chi connectivity index (χ4n) is 1.87. The van der Waals surface area contributed by atoms with E-state index in [9.17, 15) is 4.79 Å². The van der Waals surface area contributed by atoms with E-state index in [2.05, 4.69) is 10.5 Å². The lowest BCUT2D eigenvalue weighted by Crippen LogP contribution is -2.35. The van der Waals surface area contributed by atoms with Crippen LogP contribution in [0.5, 0.6) is 5.75 Å². The summed E-state index contributed by atoms with van der Waals surface area (Å²) in [5.74, 6) is 0.798. The van der Waals surface area contributed by atoms with Crippen molar-refractivity contribution in [2.24, 2.45) is 5.16 Å². The molecule has 0 aliphatic carbocycles. The molecule has 6 heteroatoms. The van der Waals surface area contributed by atoms with Gasteiger partial charge >= 0.3 is 6.09 Å². The molecule has 6 nitrogen and oxygen atoms in total. The summed E-state index contributed by atoms with van der Waals surface area (Å²) in [5.41, 5.74) is 0.261. The zero-order valence-corrected chi connectivity index (χ0v) is 13.2. The number of nitrogens with zero attached hydrogens (tertiary/aromatic N) is 1. The van der Waals surface area contributed by atoms with E-state index in [1.165, 1.54) is 0 Å². The molecule has 2 rings (SSSR count). The molecule has 0 aromatic heterocycles. The predicted octanol–water partition coefficient (Wildman–Crippen LogP) is 2.74. The maximum absolute atomic E-state index is 11.6. The number of rotatable bonds is 5. The summed E-state index contributed by atoms with van der Waals surface area (Å²) in [7, 11) is 0. The van der Waals surface area contributed by atoms with Gasteiger partial charge in [-0.2, -0.15) is 0 Å². The number of amides is 1. The Hall–Kier alpha value is -2.24. The summed E-state index contributed by atoms with van der Waals surface area (Å²) < 4.78 is 10.8. The third-order valence-electron chi connectivity index (χ3n) is 2.81. The third kappa shape index (κ3) is 5.63. The van der Waals surface area contributed by atoms with E-state index >= 15 is 0 Å². The van der Waals surface area contributed by atoms with E-state index in [0.717, 1.165) is 11.5 Å². The van der Waals surface area contributed by atoms with Crippen LogP contribution in [-0.4, -0.2) is 36.7 Å². The van der Waals surface area contributed by atoms with E-state index in [-0.39, 0.29) is 6.10 Å². The van der Waals surface area contributed by atoms with Crippen LogP contribution < -0.4 is 10.1 Å². The fourth-order valence-corrected chi connectivity index (χ4v) is 1.87. The van der Waals surface area contributed by atoms with Crippen molar-refractivity contribution in [3.63, 3.8) is 0 Å². The Morgan fingerprint density at radius 3 is 2.77 bits per heavy atom. The first-order valence-corrected chi connectivity index (χ1v) is 7.28. The smallest absolute Gasteiger partial charge is 0.407 e. The number of benzene rings is 1. The molecule has 0 spiro atoms. The van der Waals surface area contributed by atoms with Gasteiger partial charge in [0.25, 0.3) is 0 Å². The molecule has 0 saturated carbocycles. The van der Waals surface area contributed by atoms with Crippen LogP contribution in [0.2, 0.25) is 0 Å². The van der Waals surface area contributed by atoms with Crippen LogP contribution in [0.1, 0.15) is 27.2 Å². The number of oxime groups is 1. The van der Waals surface area contributed by atoms with Crippen LogP contribution in [0.3, 0.4) is 0 Å². The summed E-state index contributed by atoms with van der Waals surface area (Å²) in [6, 6.07) is 9.54. The average molecular weight is 306 g/mol. The van der Waals surface area contributed by atoms with Crippen molar-refractivity contribution < 1.29 is 19.1 Å². The van der Waals surface area contributed by atoms with Crippen molar-refractivity contribution in [1.29, 1.82) is 0 Å². The highest BCUT2D eigenvalue weighted by Gasteiger charge is 2.23. The number of para-hydroxylation sites is 1. The van der Waals surface area contributed by atoms with Gasteiger partial charge in [-0.3, -0.25) is 0 Å². The number of alkyl carbamates (subject to hydrolysis) is 1. The first kappa shape index (κ1) is 16.1. The maximum atomic E-state index is 11.6. The van der Waals surface area contributed by atoms with Crippen LogP contribution in [0.4, 0.5) is 4.79 Å². The van der Waals surface area contributed by atoms with Crippen molar-refractivity contribution in [2.45, 2.75) is 38.9 Å². The van der Waals surface area contributed by atoms with Crippen LogP contribution >= 0.6 is 0 Å². The second kappa shape index (κ2) is 7.15. The highest BCUT2D eigenvalue weighted by atomic mass is 16.7. The minimum absolute atomic E-state index is 0.129. The maximum Gasteiger partial charge on any atom is 0.407 e. The molecule has 1 atom stereocenters. The van der Waals surface area contributed by atoms with E-state index in [1.807, 2.05) is 51.1 Å². The van der Waals surface area contributed by atoms with Crippen molar-refractivity contribution >= 4 is 11.8 Å². The van der Waals surface area contributed by atoms with Gasteiger partial charge in [-0.25, -0.2) is 4.79 Å². The van der Waals surface area contributed by atoms with Crippen LogP contribution in [0.15, 0.2) is 35.5 Å². The molecule has 0 saturated heterocycles. The second-order valence-electron chi connectivity index (χ2n) is 6.07. The number of carbonyl (C=O) groups excluding carboxylic acids is 1. The summed E-state index contributed by atoms with van der Waals surface area (Å²) in [6.07, 6.45) is 0.0395. The lowest BCUT2D eigenvalue weighted by atomic mass is 10.2. The lowest BCUT2D eigenvalue weighted by Gasteiger charge is -2.19. The molecule has 22 heavy (non-hydrogen) atoms. The Kier molecular flexibility index (Phi) is 5.25. The number of ether oxygens (including phenoxy) is 2. The molecule has 1 unspecified atom stereocenters. The molecule has 1 aliphatic heterocycles. The molecule has 0 bridgehead atoms. The number of nitrogens with one attached hydrogen (secondary N) is 1. The highest BCUT2D eigenvalue weighted by molar-refractivity contribution is 5.89. The third-order valence-corrected chi connectivity index (χ3v) is 2.81. The zero-order valence-electron chi connectivity index (χ0n) is 13.2. The van der Waals surface area contributed by atoms with Gasteiger partial charge < -0.3 is 19.6 Å². The van der Waals surface area contributed by atoms with Gasteiger partial charge in [0.15, 0.2) is 6.10 Å². The van der Waals surface area contributed by atoms with Gasteiger partial charge in [0.2, 0.25) is 0 Å². The molecule has 1 aromatic rings. The molecule has 120 valence electrons. The molecule has 1 amide bonds. The van der Waals surface area contributed by atoms with Gasteiger partial charge in [-0.1, -0.05) is 23.4 Å². The Bertz CT molecular complexity index is 523. The van der Waals surface area contributed by atoms with Crippen molar-refractivity contribution in [3.8, 4) is 5.75 Å². The molecule has 1 aromatic carbocycles. The molecule has 0 radical (unpaired) electrons. The van der Waals surface area contributed by atoms with Crippen LogP contribution in [0.25, 0.3) is 0 Å². The predicted molar refractivity (Wildman–Crippen MR) is 83.1 cm³/mol. The summed E-state index contributed by atoms with van der Waals surface area (Å²) in [5, 5.41) is 6.63. The Labute approximate surface area is 130 Å². The minimum Gasteiger partial charge on any atom is -0.490 e. The van der Waals surface area contributed by atoms with Crippen molar-refractivity contribution in [2.75, 3.05) is 13.2 Å². The Morgan fingerprint density at radius 2 is 2.09 bits per heavy atom. The summed E-state index contributed by atoms with van der Waals surface area (Å²) in [4.78, 5) is 16.8. The first-order valence-electron chi connectivity index (χ1n) is 7.28. The van der Waals surface area contributed by atoms with Gasteiger partial charge in [-0.05, 0) is 32.9 Å². The number of hydrogen-bond donors (Lipinski definition) is 1. The monoisotopic (exact) mass is 306 g/mol. The van der Waals surface area contributed by atoms with E-state index in [1.54, 1.807) is 0 Å². The standard InChI is InChI=1S/C16H22N2O4/c1-16(2,3)21-15(19)17-10-12-9-14(22-18-12)11-20-13-7-5-4-6-8-13/h4-8,14H,9-11H2,1-3H3,(H,17,19). The fraction of sp³-hybridized carbons (Fsp3) is 0.500. The molecular weight excluding hydrogens is 284 g/mol. The van der Waals surface area contributed by atoms with E-state index < -0.39 is 11.7 Å². The van der Waals surface area contributed by atoms with Crippen LogP contribution in [0, 0.1) is 0 Å². The van der Waals surface area contributed by atoms with Crippen molar-refractivity contribution in [1.82, 2.24) is 5.32 Å². The van der Waals surface area contributed by atoms with Crippen molar-refractivity contribution in [3.05, 3.63) is 30.3 Å². The van der Waals surface area contributed by atoms with E-state index in [4.69, 9.17) is 14.3 Å². The number of hydrogen-bond acceptors (Lipinski definition) is 5. The Morgan fingerprint density at radius 1 is 1.36 bits per heavy atom. The molecule has 1 aliphatic rings. The molecule has 1 heterocycles. The topological polar surface area (TPSA) is 69.2 Å². The second-order valence-corrected chi connectivity index (χ2v) is 6.07.